The molecule has 176 valence electrons. The van der Waals surface area contributed by atoms with E-state index in [0.717, 1.165) is 11.3 Å². The molecule has 7 nitrogen and oxygen atoms in total. The molecule has 0 aromatic heterocycles. The van der Waals surface area contributed by atoms with Gasteiger partial charge in [-0.15, -0.1) is 0 Å². The predicted molar refractivity (Wildman–Crippen MR) is 132 cm³/mol. The first kappa shape index (κ1) is 23.7. The molecule has 0 aliphatic carbocycles. The van der Waals surface area contributed by atoms with Crippen LogP contribution in [0.15, 0.2) is 60.7 Å². The topological polar surface area (TPSA) is 77.1 Å². The Morgan fingerprint density at radius 3 is 2.74 bits per heavy atom. The summed E-state index contributed by atoms with van der Waals surface area (Å²) in [7, 11) is 0. The van der Waals surface area contributed by atoms with Crippen LogP contribution in [0.4, 0.5) is 11.4 Å². The van der Waals surface area contributed by atoms with Crippen LogP contribution in [-0.4, -0.2) is 38.2 Å². The molecule has 1 N–H and O–H groups in total. The zero-order valence-corrected chi connectivity index (χ0v) is 19.9. The molecule has 0 unspecified atom stereocenters. The Kier molecular flexibility index (Phi) is 7.45. The van der Waals surface area contributed by atoms with Gasteiger partial charge in [0.15, 0.2) is 13.2 Å². The van der Waals surface area contributed by atoms with Gasteiger partial charge in [0.25, 0.3) is 11.8 Å². The summed E-state index contributed by atoms with van der Waals surface area (Å²) in [5.41, 5.74) is 2.23. The Morgan fingerprint density at radius 2 is 1.94 bits per heavy atom. The molecule has 0 spiro atoms. The van der Waals surface area contributed by atoms with Gasteiger partial charge in [-0.2, -0.15) is 0 Å². The lowest BCUT2D eigenvalue weighted by Crippen LogP contribution is -2.41. The number of hydrogen-bond acceptors (Lipinski definition) is 5. The minimum Gasteiger partial charge on any atom is -0.492 e. The summed E-state index contributed by atoms with van der Waals surface area (Å²) in [6.07, 6.45) is 0. The lowest BCUT2D eigenvalue weighted by molar-refractivity contribution is -0.121. The first-order chi connectivity index (χ1) is 16.4. The zero-order chi connectivity index (χ0) is 24.1. The molecule has 34 heavy (non-hydrogen) atoms. The molecule has 0 atom stereocenters. The monoisotopic (exact) mass is 500 g/mol. The van der Waals surface area contributed by atoms with Crippen LogP contribution in [0.25, 0.3) is 0 Å². The van der Waals surface area contributed by atoms with Crippen LogP contribution in [0.5, 0.6) is 17.2 Å². The number of rotatable bonds is 8. The van der Waals surface area contributed by atoms with E-state index in [4.69, 9.17) is 37.4 Å². The molecule has 3 aromatic carbocycles. The molecule has 0 saturated carbocycles. The van der Waals surface area contributed by atoms with E-state index in [0.29, 0.717) is 46.1 Å². The molecule has 2 amide bonds. The van der Waals surface area contributed by atoms with Gasteiger partial charge in [0, 0.05) is 16.8 Å². The first-order valence-electron chi connectivity index (χ1n) is 10.5. The van der Waals surface area contributed by atoms with Crippen LogP contribution in [0.1, 0.15) is 5.56 Å². The van der Waals surface area contributed by atoms with Crippen molar-refractivity contribution in [2.45, 2.75) is 6.92 Å². The second-order valence-electron chi connectivity index (χ2n) is 7.59. The number of carbonyl (C=O) groups excluding carboxylic acids is 2. The standard InChI is InChI=1S/C25H22Cl2N2O5/c1-16-3-2-4-19(11-16)32-10-9-29-21-7-6-18(13-23(21)34-15-25(29)31)28-24(30)14-33-22-8-5-17(26)12-20(22)27/h2-8,11-13H,9-10,14-15H2,1H3,(H,28,30). The normalized spacial score (nSPS) is 12.6. The highest BCUT2D eigenvalue weighted by atomic mass is 35.5. The SMILES string of the molecule is Cc1cccc(OCCN2C(=O)COc3cc(NC(=O)COc4ccc(Cl)cc4Cl)ccc32)c1. The van der Waals surface area contributed by atoms with E-state index in [1.165, 1.54) is 6.07 Å². The third-order valence-corrected chi connectivity index (χ3v) is 5.54. The number of amides is 2. The lowest BCUT2D eigenvalue weighted by atomic mass is 10.2. The Hall–Kier alpha value is -3.42. The van der Waals surface area contributed by atoms with Gasteiger partial charge in [-0.3, -0.25) is 9.59 Å². The summed E-state index contributed by atoms with van der Waals surface area (Å²) >= 11 is 11.9. The van der Waals surface area contributed by atoms with Gasteiger partial charge in [0.2, 0.25) is 0 Å². The largest absolute Gasteiger partial charge is 0.492 e. The molecule has 1 aliphatic rings. The third kappa shape index (κ3) is 5.92. The highest BCUT2D eigenvalue weighted by molar-refractivity contribution is 6.35. The Bertz CT molecular complexity index is 1220. The van der Waals surface area contributed by atoms with Gasteiger partial charge in [-0.1, -0.05) is 35.3 Å². The van der Waals surface area contributed by atoms with Crippen molar-refractivity contribution in [3.8, 4) is 17.2 Å². The van der Waals surface area contributed by atoms with Gasteiger partial charge in [-0.25, -0.2) is 0 Å². The van der Waals surface area contributed by atoms with Gasteiger partial charge >= 0.3 is 0 Å². The molecule has 1 aliphatic heterocycles. The second-order valence-corrected chi connectivity index (χ2v) is 8.44. The summed E-state index contributed by atoms with van der Waals surface area (Å²) in [6.45, 7) is 2.36. The van der Waals surface area contributed by atoms with Gasteiger partial charge in [0.05, 0.1) is 17.3 Å². The molecule has 0 radical (unpaired) electrons. The average molecular weight is 501 g/mol. The number of hydrogen-bond donors (Lipinski definition) is 1. The number of benzene rings is 3. The summed E-state index contributed by atoms with van der Waals surface area (Å²) in [4.78, 5) is 26.4. The molecule has 4 rings (SSSR count). The van der Waals surface area contributed by atoms with Crippen molar-refractivity contribution < 1.29 is 23.8 Å². The lowest BCUT2D eigenvalue weighted by Gasteiger charge is -2.29. The van der Waals surface area contributed by atoms with E-state index in [-0.39, 0.29) is 25.0 Å². The first-order valence-corrected chi connectivity index (χ1v) is 11.3. The average Bonchev–Trinajstić information content (AvgIpc) is 2.80. The van der Waals surface area contributed by atoms with E-state index in [2.05, 4.69) is 5.32 Å². The second kappa shape index (κ2) is 10.7. The Balaban J connectivity index is 1.35. The summed E-state index contributed by atoms with van der Waals surface area (Å²) < 4.78 is 16.8. The predicted octanol–water partition coefficient (Wildman–Crippen LogP) is 5.12. The Labute approximate surface area is 207 Å². The number of aryl methyl sites for hydroxylation is 1. The van der Waals surface area contributed by atoms with Crippen molar-refractivity contribution >= 4 is 46.4 Å². The quantitative estimate of drug-likeness (QED) is 0.464. The minimum atomic E-state index is -0.374. The van der Waals surface area contributed by atoms with E-state index >= 15 is 0 Å². The highest BCUT2D eigenvalue weighted by Gasteiger charge is 2.26. The number of fused-ring (bicyclic) bond motifs is 1. The van der Waals surface area contributed by atoms with Crippen molar-refractivity contribution in [3.05, 3.63) is 76.3 Å². The number of anilines is 2. The van der Waals surface area contributed by atoms with Crippen LogP contribution in [-0.2, 0) is 9.59 Å². The highest BCUT2D eigenvalue weighted by Crippen LogP contribution is 2.34. The third-order valence-electron chi connectivity index (χ3n) is 5.01. The molecule has 9 heteroatoms. The number of halogens is 2. The maximum Gasteiger partial charge on any atom is 0.265 e. The molecular weight excluding hydrogens is 479 g/mol. The number of nitrogens with one attached hydrogen (secondary N) is 1. The molecule has 0 bridgehead atoms. The maximum atomic E-state index is 12.4. The van der Waals surface area contributed by atoms with Gasteiger partial charge < -0.3 is 24.4 Å². The number of carbonyl (C=O) groups is 2. The minimum absolute atomic E-state index is 0.0903. The van der Waals surface area contributed by atoms with Crippen LogP contribution >= 0.6 is 23.2 Å². The van der Waals surface area contributed by atoms with E-state index in [1.54, 1.807) is 35.2 Å². The molecule has 0 saturated heterocycles. The summed E-state index contributed by atoms with van der Waals surface area (Å²) in [5.74, 6) is 1.07. The maximum absolute atomic E-state index is 12.4. The molecular formula is C25H22Cl2N2O5. The fourth-order valence-corrected chi connectivity index (χ4v) is 3.88. The number of ether oxygens (including phenoxy) is 3. The van der Waals surface area contributed by atoms with E-state index < -0.39 is 0 Å². The number of nitrogens with zero attached hydrogens (tertiary/aromatic N) is 1. The summed E-state index contributed by atoms with van der Waals surface area (Å²) in [5, 5.41) is 3.54. The summed E-state index contributed by atoms with van der Waals surface area (Å²) in [6, 6.07) is 17.6. The fraction of sp³-hybridized carbons (Fsp3) is 0.200. The zero-order valence-electron chi connectivity index (χ0n) is 18.3. The van der Waals surface area contributed by atoms with Gasteiger partial charge in [0.1, 0.15) is 23.9 Å². The van der Waals surface area contributed by atoms with Crippen molar-refractivity contribution in [2.24, 2.45) is 0 Å². The van der Waals surface area contributed by atoms with Crippen molar-refractivity contribution in [1.29, 1.82) is 0 Å². The smallest absolute Gasteiger partial charge is 0.265 e. The molecule has 1 heterocycles. The van der Waals surface area contributed by atoms with Crippen LogP contribution in [0, 0.1) is 6.92 Å². The van der Waals surface area contributed by atoms with Crippen LogP contribution in [0.2, 0.25) is 10.0 Å². The molecule has 0 fully saturated rings. The molecule has 3 aromatic rings. The fourth-order valence-electron chi connectivity index (χ4n) is 3.42. The van der Waals surface area contributed by atoms with Crippen molar-refractivity contribution in [1.82, 2.24) is 0 Å². The van der Waals surface area contributed by atoms with Crippen LogP contribution < -0.4 is 24.4 Å². The van der Waals surface area contributed by atoms with Crippen LogP contribution in [0.3, 0.4) is 0 Å². The van der Waals surface area contributed by atoms with Crippen molar-refractivity contribution in [3.63, 3.8) is 0 Å². The van der Waals surface area contributed by atoms with Crippen molar-refractivity contribution in [2.75, 3.05) is 36.6 Å². The van der Waals surface area contributed by atoms with E-state index in [1.807, 2.05) is 31.2 Å². The van der Waals surface area contributed by atoms with E-state index in [9.17, 15) is 9.59 Å². The van der Waals surface area contributed by atoms with Gasteiger partial charge in [-0.05, 0) is 55.0 Å². The Morgan fingerprint density at radius 1 is 1.09 bits per heavy atom.